The van der Waals surface area contributed by atoms with Crippen molar-refractivity contribution in [1.82, 2.24) is 0 Å². The van der Waals surface area contributed by atoms with Crippen molar-refractivity contribution in [3.05, 3.63) is 12.2 Å². The van der Waals surface area contributed by atoms with Gasteiger partial charge in [0.15, 0.2) is 12.1 Å². The standard InChI is InChI=1S/C43H81NO7/c1-6-8-10-12-14-16-18-20-21-22-24-26-28-30-32-34-42(46)51-39(37-49-36-35-40(43(47)48)44(3,4)5)38-50-41(45)33-31-29-27-25-23-19-17-15-13-11-9-7-2/h15,17,39-40H,6-14,16,18-38H2,1-5H3/p+1/b17-15+. The van der Waals surface area contributed by atoms with E-state index in [1.165, 1.54) is 116 Å². The van der Waals surface area contributed by atoms with E-state index in [9.17, 15) is 19.5 Å². The number of ether oxygens (including phenoxy) is 3. The molecule has 300 valence electrons. The number of allylic oxidation sites excluding steroid dienone is 2. The molecule has 2 unspecified atom stereocenters. The summed E-state index contributed by atoms with van der Waals surface area (Å²) in [5.74, 6) is -1.47. The van der Waals surface area contributed by atoms with Crippen molar-refractivity contribution in [3.8, 4) is 0 Å². The molecule has 8 nitrogen and oxygen atoms in total. The lowest BCUT2D eigenvalue weighted by Crippen LogP contribution is -2.50. The zero-order valence-electron chi connectivity index (χ0n) is 34.1. The Balaban J connectivity index is 4.35. The minimum atomic E-state index is -0.874. The Morgan fingerprint density at radius 2 is 0.980 bits per heavy atom. The van der Waals surface area contributed by atoms with E-state index < -0.39 is 18.1 Å². The minimum absolute atomic E-state index is 0.0499. The minimum Gasteiger partial charge on any atom is -0.477 e. The number of rotatable bonds is 38. The number of esters is 2. The van der Waals surface area contributed by atoms with Crippen molar-refractivity contribution < 1.29 is 38.2 Å². The Hall–Kier alpha value is -1.93. The second kappa shape index (κ2) is 35.1. The molecule has 0 radical (unpaired) electrons. The highest BCUT2D eigenvalue weighted by Crippen LogP contribution is 2.15. The molecule has 0 amide bonds. The number of carboxylic acid groups (broad SMARTS) is 1. The number of unbranched alkanes of at least 4 members (excludes halogenated alkanes) is 22. The van der Waals surface area contributed by atoms with Gasteiger partial charge in [-0.15, -0.1) is 0 Å². The Morgan fingerprint density at radius 3 is 1.45 bits per heavy atom. The number of nitrogens with zero attached hydrogens (tertiary/aromatic N) is 1. The molecule has 0 saturated heterocycles. The number of aliphatic carboxylic acids is 1. The summed E-state index contributed by atoms with van der Waals surface area (Å²) < 4.78 is 17.2. The first-order valence-corrected chi connectivity index (χ1v) is 21.2. The average molecular weight is 725 g/mol. The fourth-order valence-corrected chi connectivity index (χ4v) is 6.32. The van der Waals surface area contributed by atoms with Gasteiger partial charge in [-0.3, -0.25) is 9.59 Å². The predicted molar refractivity (Wildman–Crippen MR) is 211 cm³/mol. The topological polar surface area (TPSA) is 99.1 Å². The molecule has 0 rings (SSSR count). The van der Waals surface area contributed by atoms with E-state index >= 15 is 0 Å². The van der Waals surface area contributed by atoms with Gasteiger partial charge in [0.05, 0.1) is 34.4 Å². The maximum absolute atomic E-state index is 12.7. The van der Waals surface area contributed by atoms with Crippen molar-refractivity contribution in [2.24, 2.45) is 0 Å². The number of carbonyl (C=O) groups excluding carboxylic acids is 2. The Labute approximate surface area is 314 Å². The maximum Gasteiger partial charge on any atom is 0.362 e. The van der Waals surface area contributed by atoms with Crippen molar-refractivity contribution in [2.75, 3.05) is 41.0 Å². The summed E-state index contributed by atoms with van der Waals surface area (Å²) in [6.07, 6.45) is 35.3. The normalized spacial score (nSPS) is 13.0. The third kappa shape index (κ3) is 33.6. The van der Waals surface area contributed by atoms with Gasteiger partial charge in [0.1, 0.15) is 6.61 Å². The van der Waals surface area contributed by atoms with Crippen LogP contribution in [0.1, 0.15) is 194 Å². The summed E-state index contributed by atoms with van der Waals surface area (Å²) in [4.78, 5) is 36.9. The van der Waals surface area contributed by atoms with Crippen LogP contribution in [-0.2, 0) is 28.6 Å². The van der Waals surface area contributed by atoms with Crippen LogP contribution in [-0.4, -0.2) is 80.6 Å². The van der Waals surface area contributed by atoms with Crippen LogP contribution in [0, 0.1) is 0 Å². The van der Waals surface area contributed by atoms with Crippen molar-refractivity contribution in [1.29, 1.82) is 0 Å². The zero-order chi connectivity index (χ0) is 37.8. The first-order valence-electron chi connectivity index (χ1n) is 21.2. The highest BCUT2D eigenvalue weighted by atomic mass is 16.6. The van der Waals surface area contributed by atoms with Crippen LogP contribution in [0.4, 0.5) is 0 Å². The third-order valence-electron chi connectivity index (χ3n) is 9.66. The first kappa shape index (κ1) is 49.1. The lowest BCUT2D eigenvalue weighted by atomic mass is 10.0. The molecule has 0 aliphatic heterocycles. The molecule has 0 spiro atoms. The van der Waals surface area contributed by atoms with Gasteiger partial charge in [0.25, 0.3) is 0 Å². The predicted octanol–water partition coefficient (Wildman–Crippen LogP) is 11.1. The number of likely N-dealkylation sites (N-methyl/N-ethyl adjacent to an activating group) is 1. The zero-order valence-corrected chi connectivity index (χ0v) is 34.1. The van der Waals surface area contributed by atoms with Gasteiger partial charge in [-0.25, -0.2) is 4.79 Å². The van der Waals surface area contributed by atoms with E-state index in [4.69, 9.17) is 14.2 Å². The summed E-state index contributed by atoms with van der Waals surface area (Å²) >= 11 is 0. The fraction of sp³-hybridized carbons (Fsp3) is 0.884. The second-order valence-corrected chi connectivity index (χ2v) is 15.6. The molecule has 0 aliphatic rings. The van der Waals surface area contributed by atoms with E-state index in [0.717, 1.165) is 44.9 Å². The number of quaternary nitrogens is 1. The van der Waals surface area contributed by atoms with Gasteiger partial charge in [0.2, 0.25) is 0 Å². The van der Waals surface area contributed by atoms with Gasteiger partial charge in [-0.1, -0.05) is 148 Å². The Kier molecular flexibility index (Phi) is 33.8. The summed E-state index contributed by atoms with van der Waals surface area (Å²) in [5, 5.41) is 9.60. The number of carboxylic acids is 1. The quantitative estimate of drug-likeness (QED) is 0.0293. The van der Waals surface area contributed by atoms with Gasteiger partial charge in [-0.05, 0) is 38.5 Å². The molecule has 0 fully saturated rings. The molecule has 8 heteroatoms. The SMILES string of the molecule is CCCCC/C=C/CCCCCCCC(=O)OCC(COCCC(C(=O)O)[N+](C)(C)C)OC(=O)CCCCCCCCCCCCCCCCC. The Bertz CT molecular complexity index is 854. The van der Waals surface area contributed by atoms with Gasteiger partial charge in [0, 0.05) is 19.3 Å². The first-order chi connectivity index (χ1) is 24.6. The highest BCUT2D eigenvalue weighted by molar-refractivity contribution is 5.72. The van der Waals surface area contributed by atoms with Crippen LogP contribution in [0.25, 0.3) is 0 Å². The van der Waals surface area contributed by atoms with Gasteiger partial charge in [-0.2, -0.15) is 0 Å². The van der Waals surface area contributed by atoms with E-state index in [1.807, 2.05) is 21.1 Å². The second-order valence-electron chi connectivity index (χ2n) is 15.6. The highest BCUT2D eigenvalue weighted by Gasteiger charge is 2.31. The monoisotopic (exact) mass is 725 g/mol. The molecule has 0 aromatic rings. The van der Waals surface area contributed by atoms with Gasteiger partial charge >= 0.3 is 17.9 Å². The molecule has 0 aromatic heterocycles. The molecule has 0 heterocycles. The number of hydrogen-bond acceptors (Lipinski definition) is 6. The Morgan fingerprint density at radius 1 is 0.569 bits per heavy atom. The van der Waals surface area contributed by atoms with Crippen LogP contribution >= 0.6 is 0 Å². The molecule has 2 atom stereocenters. The van der Waals surface area contributed by atoms with Gasteiger partial charge < -0.3 is 23.8 Å². The number of carbonyl (C=O) groups is 3. The number of hydrogen-bond donors (Lipinski definition) is 1. The summed E-state index contributed by atoms with van der Waals surface area (Å²) in [7, 11) is 5.53. The van der Waals surface area contributed by atoms with Crippen molar-refractivity contribution >= 4 is 17.9 Å². The lowest BCUT2D eigenvalue weighted by Gasteiger charge is -2.31. The van der Waals surface area contributed by atoms with Crippen LogP contribution in [0.15, 0.2) is 12.2 Å². The molecular weight excluding hydrogens is 642 g/mol. The summed E-state index contributed by atoms with van der Waals surface area (Å²) in [6.45, 7) is 4.72. The van der Waals surface area contributed by atoms with E-state index in [1.54, 1.807) is 0 Å². The fourth-order valence-electron chi connectivity index (χ4n) is 6.32. The third-order valence-corrected chi connectivity index (χ3v) is 9.66. The molecule has 0 bridgehead atoms. The largest absolute Gasteiger partial charge is 0.477 e. The van der Waals surface area contributed by atoms with Crippen molar-refractivity contribution in [3.63, 3.8) is 0 Å². The van der Waals surface area contributed by atoms with Crippen LogP contribution < -0.4 is 0 Å². The van der Waals surface area contributed by atoms with E-state index in [0.29, 0.717) is 19.3 Å². The van der Waals surface area contributed by atoms with Crippen LogP contribution in [0.5, 0.6) is 0 Å². The van der Waals surface area contributed by atoms with E-state index in [2.05, 4.69) is 26.0 Å². The molecule has 0 aliphatic carbocycles. The molecule has 0 aromatic carbocycles. The lowest BCUT2D eigenvalue weighted by molar-refractivity contribution is -0.887. The van der Waals surface area contributed by atoms with Crippen LogP contribution in [0.2, 0.25) is 0 Å². The summed E-state index contributed by atoms with van der Waals surface area (Å²) in [6, 6.07) is -0.610. The maximum atomic E-state index is 12.7. The smallest absolute Gasteiger partial charge is 0.362 e. The molecular formula is C43H82NO7+. The van der Waals surface area contributed by atoms with Crippen LogP contribution in [0.3, 0.4) is 0 Å². The average Bonchev–Trinajstić information content (AvgIpc) is 3.08. The van der Waals surface area contributed by atoms with Crippen molar-refractivity contribution in [2.45, 2.75) is 206 Å². The molecule has 0 saturated carbocycles. The van der Waals surface area contributed by atoms with E-state index in [-0.39, 0.29) is 36.2 Å². The summed E-state index contributed by atoms with van der Waals surface area (Å²) in [5.41, 5.74) is 0. The molecule has 1 N–H and O–H groups in total. The molecule has 51 heavy (non-hydrogen) atoms.